The summed E-state index contributed by atoms with van der Waals surface area (Å²) in [5.41, 5.74) is 14.2. The lowest BCUT2D eigenvalue weighted by molar-refractivity contribution is 0.0278. The van der Waals surface area contributed by atoms with E-state index < -0.39 is 25.4 Å². The third-order valence-electron chi connectivity index (χ3n) is 6.51. The van der Waals surface area contributed by atoms with Gasteiger partial charge in [-0.25, -0.2) is 0 Å². The summed E-state index contributed by atoms with van der Waals surface area (Å²) in [4.78, 5) is 0. The van der Waals surface area contributed by atoms with Crippen LogP contribution in [-0.2, 0) is 18.6 Å². The summed E-state index contributed by atoms with van der Waals surface area (Å²) < 4.78 is 35.2. The first kappa shape index (κ1) is 28.5. The Hall–Kier alpha value is -1.49. The molecule has 2 aromatic carbocycles. The Balaban J connectivity index is 0.000000168. The summed E-state index contributed by atoms with van der Waals surface area (Å²) >= 11 is 12.5. The van der Waals surface area contributed by atoms with Gasteiger partial charge >= 0.3 is 14.2 Å². The van der Waals surface area contributed by atoms with Crippen molar-refractivity contribution in [1.82, 2.24) is 0 Å². The molecule has 1 unspecified atom stereocenters. The largest absolute Gasteiger partial charge is 0.499 e. The fourth-order valence-corrected chi connectivity index (χ4v) is 5.39. The third kappa shape index (κ3) is 5.36. The molecule has 6 rings (SSSR count). The average Bonchev–Trinajstić information content (AvgIpc) is 3.29. The minimum atomic E-state index is -0.445. The van der Waals surface area contributed by atoms with Crippen LogP contribution < -0.4 is 31.9 Å². The Morgan fingerprint density at radius 1 is 0.757 bits per heavy atom. The first-order valence-corrected chi connectivity index (χ1v) is 12.8. The Bertz CT molecular complexity index is 1080. The van der Waals surface area contributed by atoms with Gasteiger partial charge in [0.15, 0.2) is 0 Å². The van der Waals surface area contributed by atoms with Crippen LogP contribution >= 0.6 is 23.2 Å². The van der Waals surface area contributed by atoms with E-state index in [1.165, 1.54) is 0 Å². The van der Waals surface area contributed by atoms with Gasteiger partial charge in [0.25, 0.3) is 0 Å². The second kappa shape index (κ2) is 10.6. The number of nitrogens with two attached hydrogens (primary N) is 2. The van der Waals surface area contributed by atoms with Crippen molar-refractivity contribution in [1.29, 1.82) is 0 Å². The molecule has 0 saturated carbocycles. The third-order valence-corrected chi connectivity index (χ3v) is 7.17. The van der Waals surface area contributed by atoms with E-state index in [-0.39, 0.29) is 19.6 Å². The molecule has 0 fully saturated rings. The normalized spacial score (nSPS) is 23.8. The lowest BCUT2D eigenvalue weighted by Gasteiger charge is -2.25. The molecule has 0 aromatic heterocycles. The van der Waals surface area contributed by atoms with Crippen molar-refractivity contribution < 1.29 is 28.1 Å². The Labute approximate surface area is 229 Å². The molecule has 2 aromatic rings. The number of hydrogen-bond acceptors (Lipinski definition) is 8. The predicted octanol–water partition coefficient (Wildman–Crippen LogP) is 3.14. The van der Waals surface area contributed by atoms with Crippen LogP contribution in [0.25, 0.3) is 0 Å². The van der Waals surface area contributed by atoms with Crippen LogP contribution in [0.1, 0.15) is 58.5 Å². The molecule has 200 valence electrons. The molecule has 0 amide bonds. The highest BCUT2D eigenvalue weighted by atomic mass is 35.5. The molecule has 4 heterocycles. The molecule has 37 heavy (non-hydrogen) atoms. The van der Waals surface area contributed by atoms with Crippen LogP contribution in [0.15, 0.2) is 24.3 Å². The van der Waals surface area contributed by atoms with Crippen molar-refractivity contribution in [3.8, 4) is 11.5 Å². The van der Waals surface area contributed by atoms with Gasteiger partial charge < -0.3 is 39.6 Å². The first-order valence-electron chi connectivity index (χ1n) is 12.0. The molecule has 4 aliphatic rings. The van der Waals surface area contributed by atoms with E-state index in [1.807, 2.05) is 52.0 Å². The summed E-state index contributed by atoms with van der Waals surface area (Å²) in [6.07, 6.45) is -0.454. The zero-order valence-corrected chi connectivity index (χ0v) is 22.3. The average molecular weight is 551 g/mol. The fourth-order valence-electron chi connectivity index (χ4n) is 4.81. The summed E-state index contributed by atoms with van der Waals surface area (Å²) in [6.45, 7) is 9.59. The van der Waals surface area contributed by atoms with Crippen LogP contribution in [-0.4, -0.2) is 51.7 Å². The van der Waals surface area contributed by atoms with E-state index in [0.29, 0.717) is 36.3 Å². The molecular weight excluding hydrogens is 517 g/mol. The number of ether oxygens (including phenoxy) is 2. The smallest absolute Gasteiger partial charge is 0.491 e. The van der Waals surface area contributed by atoms with Gasteiger partial charge in [-0.15, -0.1) is 0 Å². The van der Waals surface area contributed by atoms with Gasteiger partial charge in [0, 0.05) is 45.2 Å². The zero-order chi connectivity index (χ0) is 25.8. The van der Waals surface area contributed by atoms with E-state index in [4.69, 9.17) is 62.8 Å². The SMILES string of the molecule is C.CC1(C)COc2ccc(Cl)c3c2B(OC3CN)O1.CC1(C)COc2ccc(Cl)c3c2B(O[C@@H]3CN)O1. The summed E-state index contributed by atoms with van der Waals surface area (Å²) in [6, 6.07) is 7.37. The maximum Gasteiger partial charge on any atom is 0.499 e. The van der Waals surface area contributed by atoms with Crippen LogP contribution in [0.3, 0.4) is 0 Å². The van der Waals surface area contributed by atoms with Gasteiger partial charge in [-0.05, 0) is 52.0 Å². The van der Waals surface area contributed by atoms with E-state index in [1.54, 1.807) is 0 Å². The van der Waals surface area contributed by atoms with Crippen LogP contribution in [0, 0.1) is 0 Å². The molecule has 0 saturated heterocycles. The van der Waals surface area contributed by atoms with Crippen molar-refractivity contribution >= 4 is 48.4 Å². The molecule has 4 aliphatic heterocycles. The topological polar surface area (TPSA) is 107 Å². The maximum absolute atomic E-state index is 6.24. The molecule has 0 radical (unpaired) electrons. The van der Waals surface area contributed by atoms with Crippen molar-refractivity contribution in [2.24, 2.45) is 11.5 Å². The lowest BCUT2D eigenvalue weighted by atomic mass is 9.77. The Kier molecular flexibility index (Phi) is 8.16. The molecule has 0 bridgehead atoms. The fraction of sp³-hybridized carbons (Fsp3) is 0.520. The highest BCUT2D eigenvalue weighted by Crippen LogP contribution is 2.38. The van der Waals surface area contributed by atoms with Gasteiger partial charge in [0.05, 0.1) is 23.4 Å². The molecule has 2 atom stereocenters. The van der Waals surface area contributed by atoms with E-state index in [2.05, 4.69) is 0 Å². The molecule has 12 heteroatoms. The van der Waals surface area contributed by atoms with Crippen molar-refractivity contribution in [2.45, 2.75) is 58.5 Å². The molecule has 8 nitrogen and oxygen atoms in total. The highest BCUT2D eigenvalue weighted by molar-refractivity contribution is 6.65. The van der Waals surface area contributed by atoms with E-state index in [9.17, 15) is 0 Å². The van der Waals surface area contributed by atoms with Crippen LogP contribution in [0.4, 0.5) is 0 Å². The van der Waals surface area contributed by atoms with E-state index >= 15 is 0 Å². The Morgan fingerprint density at radius 2 is 1.14 bits per heavy atom. The number of hydrogen-bond donors (Lipinski definition) is 2. The van der Waals surface area contributed by atoms with E-state index in [0.717, 1.165) is 33.6 Å². The quantitative estimate of drug-likeness (QED) is 0.549. The van der Waals surface area contributed by atoms with Gasteiger partial charge in [-0.1, -0.05) is 30.6 Å². The molecule has 0 aliphatic carbocycles. The molecule has 4 N–H and O–H groups in total. The van der Waals surface area contributed by atoms with Crippen LogP contribution in [0.2, 0.25) is 10.0 Å². The highest BCUT2D eigenvalue weighted by Gasteiger charge is 2.47. The summed E-state index contributed by atoms with van der Waals surface area (Å²) in [5, 5.41) is 1.30. The zero-order valence-electron chi connectivity index (χ0n) is 20.8. The Morgan fingerprint density at radius 3 is 1.49 bits per heavy atom. The number of rotatable bonds is 2. The van der Waals surface area contributed by atoms with Gasteiger partial charge in [-0.2, -0.15) is 0 Å². The van der Waals surface area contributed by atoms with Gasteiger partial charge in [0.1, 0.15) is 24.7 Å². The summed E-state index contributed by atoms with van der Waals surface area (Å²) in [7, 11) is -0.889. The van der Waals surface area contributed by atoms with Gasteiger partial charge in [-0.3, -0.25) is 0 Å². The van der Waals surface area contributed by atoms with Crippen molar-refractivity contribution in [3.63, 3.8) is 0 Å². The minimum absolute atomic E-state index is 0. The summed E-state index contributed by atoms with van der Waals surface area (Å²) in [5.74, 6) is 1.56. The second-order valence-electron chi connectivity index (χ2n) is 10.5. The first-order chi connectivity index (χ1) is 17.0. The predicted molar refractivity (Wildman–Crippen MR) is 147 cm³/mol. The monoisotopic (exact) mass is 550 g/mol. The van der Waals surface area contributed by atoms with Crippen molar-refractivity contribution in [3.05, 3.63) is 45.4 Å². The van der Waals surface area contributed by atoms with Crippen LogP contribution in [0.5, 0.6) is 11.5 Å². The van der Waals surface area contributed by atoms with Gasteiger partial charge in [0.2, 0.25) is 0 Å². The second-order valence-corrected chi connectivity index (χ2v) is 11.3. The number of benzene rings is 2. The van der Waals surface area contributed by atoms with Crippen molar-refractivity contribution in [2.75, 3.05) is 26.3 Å². The lowest BCUT2D eigenvalue weighted by Crippen LogP contribution is -2.40. The maximum atomic E-state index is 6.24. The standard InChI is InChI=1S/2C12H15BClNO3.CH4/c2*1-12(2)6-16-8-4-3-7(14)10-9(5-15)17-13(18-12)11(8)10;/h2*3-4,9H,5-6,15H2,1-2H3;1H4/t9-;;/m1../s1. The minimum Gasteiger partial charge on any atom is -0.491 e. The molecule has 0 spiro atoms. The number of halogens is 2. The molecular formula is C25H34B2Cl2N2O6.